The molecular formula is C82H156O17P2. The van der Waals surface area contributed by atoms with Gasteiger partial charge in [0.1, 0.15) is 19.3 Å². The van der Waals surface area contributed by atoms with Crippen LogP contribution in [0.5, 0.6) is 0 Å². The van der Waals surface area contributed by atoms with Gasteiger partial charge in [-0.1, -0.05) is 367 Å². The molecule has 596 valence electrons. The molecule has 0 rings (SSSR count). The number of aliphatic hydroxyl groups is 1. The van der Waals surface area contributed by atoms with Crippen LogP contribution in [-0.4, -0.2) is 96.7 Å². The lowest BCUT2D eigenvalue weighted by molar-refractivity contribution is -0.161. The molecule has 17 nitrogen and oxygen atoms in total. The first kappa shape index (κ1) is 98.5. The minimum atomic E-state index is -4.96. The number of aliphatic hydroxyl groups excluding tert-OH is 1. The van der Waals surface area contributed by atoms with E-state index in [0.717, 1.165) is 109 Å². The van der Waals surface area contributed by atoms with E-state index in [4.69, 9.17) is 37.0 Å². The summed E-state index contributed by atoms with van der Waals surface area (Å²) < 4.78 is 68.4. The Labute approximate surface area is 618 Å². The topological polar surface area (TPSA) is 237 Å². The molecule has 0 spiro atoms. The average Bonchev–Trinajstić information content (AvgIpc) is 0.988. The van der Waals surface area contributed by atoms with E-state index < -0.39 is 97.5 Å². The molecule has 5 atom stereocenters. The van der Waals surface area contributed by atoms with Gasteiger partial charge in [-0.25, -0.2) is 9.13 Å². The third-order valence-corrected chi connectivity index (χ3v) is 20.6. The van der Waals surface area contributed by atoms with Crippen LogP contribution in [0, 0.1) is 0 Å². The molecule has 19 heteroatoms. The van der Waals surface area contributed by atoms with Crippen molar-refractivity contribution in [1.82, 2.24) is 0 Å². The van der Waals surface area contributed by atoms with Crippen molar-refractivity contribution in [2.45, 2.75) is 438 Å². The van der Waals surface area contributed by atoms with Crippen LogP contribution in [0.4, 0.5) is 0 Å². The van der Waals surface area contributed by atoms with Crippen LogP contribution in [-0.2, 0) is 65.4 Å². The summed E-state index contributed by atoms with van der Waals surface area (Å²) in [5.74, 6) is -2.15. The summed E-state index contributed by atoms with van der Waals surface area (Å²) in [7, 11) is -9.92. The molecule has 0 saturated carbocycles. The fourth-order valence-corrected chi connectivity index (χ4v) is 13.9. The Balaban J connectivity index is 5.13. The number of phosphoric ester groups is 2. The van der Waals surface area contributed by atoms with E-state index in [1.165, 1.54) is 231 Å². The third-order valence-electron chi connectivity index (χ3n) is 18.7. The average molecular weight is 1480 g/mol. The van der Waals surface area contributed by atoms with Crippen molar-refractivity contribution in [3.63, 3.8) is 0 Å². The van der Waals surface area contributed by atoms with E-state index in [1.807, 2.05) is 0 Å². The van der Waals surface area contributed by atoms with Crippen molar-refractivity contribution in [3.8, 4) is 0 Å². The van der Waals surface area contributed by atoms with Crippen molar-refractivity contribution in [2.75, 3.05) is 39.6 Å². The molecule has 0 aromatic heterocycles. The number of carbonyl (C=O) groups excluding carboxylic acids is 4. The van der Waals surface area contributed by atoms with Crippen molar-refractivity contribution >= 4 is 39.5 Å². The highest BCUT2D eigenvalue weighted by atomic mass is 31.2. The normalized spacial score (nSPS) is 13.9. The molecule has 0 radical (unpaired) electrons. The van der Waals surface area contributed by atoms with Crippen LogP contribution in [0.25, 0.3) is 0 Å². The SMILES string of the molecule is CCCCCC/C=C\C=C/CCCCCCCC(=O)O[C@H](COC(=O)CCCCCCC)COP(=O)(O)OC[C@H](O)COP(=O)(O)OC[C@@H](COC(=O)CCCCCCCCCCCCCCCCCCCCC)OC(=O)CCCCCCCCCCCCCCCCCCCCCCCC. The summed E-state index contributed by atoms with van der Waals surface area (Å²) in [6, 6.07) is 0. The summed E-state index contributed by atoms with van der Waals surface area (Å²) in [4.78, 5) is 72.7. The summed E-state index contributed by atoms with van der Waals surface area (Å²) in [5.41, 5.74) is 0. The number of hydrogen-bond acceptors (Lipinski definition) is 15. The zero-order valence-electron chi connectivity index (χ0n) is 65.4. The highest BCUT2D eigenvalue weighted by molar-refractivity contribution is 7.47. The fraction of sp³-hybridized carbons (Fsp3) is 0.902. The molecule has 2 unspecified atom stereocenters. The largest absolute Gasteiger partial charge is 0.472 e. The van der Waals surface area contributed by atoms with Crippen LogP contribution in [0.1, 0.15) is 419 Å². The van der Waals surface area contributed by atoms with Gasteiger partial charge in [-0.05, 0) is 51.4 Å². The van der Waals surface area contributed by atoms with Crippen LogP contribution in [0.15, 0.2) is 24.3 Å². The first-order valence-corrected chi connectivity index (χ1v) is 45.1. The predicted molar refractivity (Wildman–Crippen MR) is 414 cm³/mol. The Hall–Kier alpha value is -2.46. The van der Waals surface area contributed by atoms with Gasteiger partial charge in [0.25, 0.3) is 0 Å². The van der Waals surface area contributed by atoms with Crippen LogP contribution >= 0.6 is 15.6 Å². The van der Waals surface area contributed by atoms with E-state index in [9.17, 15) is 43.2 Å². The quantitative estimate of drug-likeness (QED) is 0.0169. The molecule has 0 aliphatic rings. The Bertz CT molecular complexity index is 2010. The van der Waals surface area contributed by atoms with Crippen molar-refractivity contribution < 1.29 is 80.2 Å². The monoisotopic (exact) mass is 1480 g/mol. The molecule has 0 aromatic carbocycles. The van der Waals surface area contributed by atoms with Crippen molar-refractivity contribution in [1.29, 1.82) is 0 Å². The van der Waals surface area contributed by atoms with Gasteiger partial charge >= 0.3 is 39.5 Å². The second kappa shape index (κ2) is 75.8. The Morgan fingerprint density at radius 3 is 0.723 bits per heavy atom. The minimum Gasteiger partial charge on any atom is -0.462 e. The number of rotatable bonds is 81. The highest BCUT2D eigenvalue weighted by Gasteiger charge is 2.30. The minimum absolute atomic E-state index is 0.0847. The molecule has 0 aromatic rings. The number of ether oxygens (including phenoxy) is 4. The molecular weight excluding hydrogens is 1320 g/mol. The lowest BCUT2D eigenvalue weighted by Gasteiger charge is -2.21. The molecule has 0 bridgehead atoms. The number of phosphoric acid groups is 2. The smallest absolute Gasteiger partial charge is 0.462 e. The highest BCUT2D eigenvalue weighted by Crippen LogP contribution is 2.45. The van der Waals surface area contributed by atoms with E-state index in [-0.39, 0.29) is 25.7 Å². The second-order valence-corrected chi connectivity index (χ2v) is 31.7. The van der Waals surface area contributed by atoms with Gasteiger partial charge in [-0.15, -0.1) is 0 Å². The third kappa shape index (κ3) is 75.6. The van der Waals surface area contributed by atoms with E-state index in [0.29, 0.717) is 25.7 Å². The number of allylic oxidation sites excluding steroid dienone is 4. The van der Waals surface area contributed by atoms with E-state index in [2.05, 4.69) is 52.0 Å². The number of hydrogen-bond donors (Lipinski definition) is 3. The van der Waals surface area contributed by atoms with Gasteiger partial charge in [0.15, 0.2) is 12.2 Å². The van der Waals surface area contributed by atoms with Gasteiger partial charge in [0.2, 0.25) is 0 Å². The Morgan fingerprint density at radius 2 is 0.475 bits per heavy atom. The molecule has 0 heterocycles. The fourth-order valence-electron chi connectivity index (χ4n) is 12.3. The maximum absolute atomic E-state index is 13.1. The zero-order valence-corrected chi connectivity index (χ0v) is 67.2. The lowest BCUT2D eigenvalue weighted by atomic mass is 10.0. The van der Waals surface area contributed by atoms with Crippen molar-refractivity contribution in [2.24, 2.45) is 0 Å². The Morgan fingerprint density at radius 1 is 0.277 bits per heavy atom. The standard InChI is InChI=1S/C82H156O17P2/c1-5-9-13-17-20-23-26-29-32-34-36-37-38-40-42-45-48-51-54-57-61-65-69-82(87)99-78(73-93-80(85)67-63-59-55-52-49-46-44-41-39-35-33-30-27-24-21-18-14-10-6-2)75-97-101(90,91)95-71-76(83)70-94-100(88,89)96-74-77(72-92-79(84)66-62-58-16-12-8-4)98-81(86)68-64-60-56-53-50-47-43-31-28-25-22-19-15-11-7-3/h25,28,31,43,76-78,83H,5-24,26-27,29-30,32-42,44-75H2,1-4H3,(H,88,89)(H,90,91)/b28-25-,43-31-/t76-,77+,78+/m0/s1. The first-order chi connectivity index (χ1) is 49.2. The van der Waals surface area contributed by atoms with Gasteiger partial charge < -0.3 is 33.8 Å². The van der Waals surface area contributed by atoms with Crippen LogP contribution < -0.4 is 0 Å². The van der Waals surface area contributed by atoms with Crippen LogP contribution in [0.3, 0.4) is 0 Å². The van der Waals surface area contributed by atoms with Gasteiger partial charge in [-0.2, -0.15) is 0 Å². The molecule has 0 aliphatic heterocycles. The zero-order chi connectivity index (χ0) is 73.9. The van der Waals surface area contributed by atoms with Crippen molar-refractivity contribution in [3.05, 3.63) is 24.3 Å². The molecule has 3 N–H and O–H groups in total. The maximum Gasteiger partial charge on any atom is 0.472 e. The first-order valence-electron chi connectivity index (χ1n) is 42.1. The van der Waals surface area contributed by atoms with E-state index in [1.54, 1.807) is 0 Å². The second-order valence-electron chi connectivity index (χ2n) is 28.8. The predicted octanol–water partition coefficient (Wildman–Crippen LogP) is 24.5. The molecule has 0 aliphatic carbocycles. The lowest BCUT2D eigenvalue weighted by Crippen LogP contribution is -2.30. The number of unbranched alkanes of at least 4 members (excludes halogenated alkanes) is 52. The summed E-state index contributed by atoms with van der Waals surface area (Å²) in [6.07, 6.45) is 72.2. The van der Waals surface area contributed by atoms with Crippen LogP contribution in [0.2, 0.25) is 0 Å². The molecule has 101 heavy (non-hydrogen) atoms. The molecule has 0 amide bonds. The van der Waals surface area contributed by atoms with Gasteiger partial charge in [0.05, 0.1) is 26.4 Å². The van der Waals surface area contributed by atoms with E-state index >= 15 is 0 Å². The summed E-state index contributed by atoms with van der Waals surface area (Å²) >= 11 is 0. The molecule has 0 saturated heterocycles. The maximum atomic E-state index is 13.1. The summed E-state index contributed by atoms with van der Waals surface area (Å²) in [6.45, 7) is 4.86. The van der Waals surface area contributed by atoms with Gasteiger partial charge in [-0.3, -0.25) is 37.3 Å². The number of esters is 4. The molecule has 0 fully saturated rings. The van der Waals surface area contributed by atoms with Gasteiger partial charge in [0, 0.05) is 25.7 Å². The summed E-state index contributed by atoms with van der Waals surface area (Å²) in [5, 5.41) is 10.6. The number of carbonyl (C=O) groups is 4. The Kier molecular flexibility index (Phi) is 73.9.